The van der Waals surface area contributed by atoms with Crippen molar-refractivity contribution in [3.63, 3.8) is 0 Å². The Hall–Kier alpha value is -3.88. The normalized spacial score (nSPS) is 10.6. The van der Waals surface area contributed by atoms with Gasteiger partial charge in [0.25, 0.3) is 0 Å². The number of esters is 1. The van der Waals surface area contributed by atoms with E-state index in [0.29, 0.717) is 11.3 Å². The molecule has 0 fully saturated rings. The van der Waals surface area contributed by atoms with Crippen LogP contribution in [0.3, 0.4) is 0 Å². The van der Waals surface area contributed by atoms with Crippen LogP contribution in [0.25, 0.3) is 5.69 Å². The van der Waals surface area contributed by atoms with Crippen LogP contribution in [0, 0.1) is 24.0 Å². The number of methoxy groups -OCH3 is 1. The monoisotopic (exact) mass is 398 g/mol. The first kappa shape index (κ1) is 19.9. The zero-order valence-electron chi connectivity index (χ0n) is 16.0. The molecule has 9 nitrogen and oxygen atoms in total. The van der Waals surface area contributed by atoms with Gasteiger partial charge in [-0.3, -0.25) is 14.9 Å². The highest BCUT2D eigenvalue weighted by molar-refractivity contribution is 6.00. The molecular weight excluding hydrogens is 380 g/mol. The van der Waals surface area contributed by atoms with Crippen LogP contribution in [0.2, 0.25) is 0 Å². The molecule has 0 spiro atoms. The topological polar surface area (TPSA) is 114 Å². The molecule has 0 unspecified atom stereocenters. The summed E-state index contributed by atoms with van der Waals surface area (Å²) in [4.78, 5) is 34.4. The number of aryl methyl sites for hydroxylation is 1. The van der Waals surface area contributed by atoms with Crippen molar-refractivity contribution < 1.29 is 28.4 Å². The standard InChI is InChI=1S/C20H18N2O7/c1-12-10-16(13(2)21(12)14-4-6-15(27-3)7-5-14)17(23)11-28-20(24)18-8-9-19(29-18)22(25)26/h4-10H,11H2,1-3H3. The fourth-order valence-corrected chi connectivity index (χ4v) is 2.99. The summed E-state index contributed by atoms with van der Waals surface area (Å²) in [7, 11) is 1.58. The molecule has 3 rings (SSSR count). The molecule has 0 aliphatic carbocycles. The van der Waals surface area contributed by atoms with Crippen LogP contribution in [-0.2, 0) is 4.74 Å². The Morgan fingerprint density at radius 3 is 2.41 bits per heavy atom. The molecule has 2 heterocycles. The maximum Gasteiger partial charge on any atom is 0.433 e. The van der Waals surface area contributed by atoms with E-state index in [2.05, 4.69) is 0 Å². The van der Waals surface area contributed by atoms with Gasteiger partial charge in [-0.2, -0.15) is 0 Å². The number of furan rings is 1. The second-order valence-corrected chi connectivity index (χ2v) is 6.21. The second kappa shape index (κ2) is 8.01. The van der Waals surface area contributed by atoms with Gasteiger partial charge < -0.3 is 18.5 Å². The van der Waals surface area contributed by atoms with Crippen molar-refractivity contribution in [2.75, 3.05) is 13.7 Å². The van der Waals surface area contributed by atoms with Crippen LogP contribution in [0.4, 0.5) is 5.88 Å². The number of nitro groups is 1. The lowest BCUT2D eigenvalue weighted by atomic mass is 10.1. The van der Waals surface area contributed by atoms with Crippen molar-refractivity contribution in [2.24, 2.45) is 0 Å². The molecule has 9 heteroatoms. The number of aromatic nitrogens is 1. The second-order valence-electron chi connectivity index (χ2n) is 6.21. The average Bonchev–Trinajstić information content (AvgIpc) is 3.31. The van der Waals surface area contributed by atoms with E-state index in [1.54, 1.807) is 20.1 Å². The number of hydrogen-bond donors (Lipinski definition) is 0. The number of ketones is 1. The molecular formula is C20H18N2O7. The average molecular weight is 398 g/mol. The number of rotatable bonds is 7. The summed E-state index contributed by atoms with van der Waals surface area (Å²) in [6, 6.07) is 11.3. The highest BCUT2D eigenvalue weighted by atomic mass is 16.7. The minimum Gasteiger partial charge on any atom is -0.497 e. The third-order valence-electron chi connectivity index (χ3n) is 4.37. The molecule has 2 aromatic heterocycles. The lowest BCUT2D eigenvalue weighted by Crippen LogP contribution is -2.14. The van der Waals surface area contributed by atoms with E-state index in [9.17, 15) is 19.7 Å². The number of carbonyl (C=O) groups excluding carboxylic acids is 2. The van der Waals surface area contributed by atoms with E-state index < -0.39 is 29.2 Å². The fourth-order valence-electron chi connectivity index (χ4n) is 2.99. The van der Waals surface area contributed by atoms with Gasteiger partial charge in [-0.05, 0) is 50.2 Å². The van der Waals surface area contributed by atoms with Crippen LogP contribution >= 0.6 is 0 Å². The highest BCUT2D eigenvalue weighted by Gasteiger charge is 2.21. The molecule has 0 aliphatic rings. The predicted molar refractivity (Wildman–Crippen MR) is 102 cm³/mol. The Balaban J connectivity index is 1.74. The maximum absolute atomic E-state index is 12.6. The summed E-state index contributed by atoms with van der Waals surface area (Å²) in [6.45, 7) is 3.14. The Kier molecular flexibility index (Phi) is 5.49. The van der Waals surface area contributed by atoms with Gasteiger partial charge in [0.2, 0.25) is 11.5 Å². The lowest BCUT2D eigenvalue weighted by molar-refractivity contribution is -0.402. The Labute approximate surface area is 165 Å². The highest BCUT2D eigenvalue weighted by Crippen LogP contribution is 2.23. The molecule has 29 heavy (non-hydrogen) atoms. The number of nitrogens with zero attached hydrogens (tertiary/aromatic N) is 2. The number of carbonyl (C=O) groups is 2. The summed E-state index contributed by atoms with van der Waals surface area (Å²) >= 11 is 0. The van der Waals surface area contributed by atoms with Crippen LogP contribution in [0.15, 0.2) is 46.9 Å². The SMILES string of the molecule is COc1ccc(-n2c(C)cc(C(=O)COC(=O)c3ccc([N+](=O)[O-])o3)c2C)cc1. The zero-order chi connectivity index (χ0) is 21.1. The van der Waals surface area contributed by atoms with Crippen LogP contribution in [0.1, 0.15) is 32.3 Å². The van der Waals surface area contributed by atoms with Gasteiger partial charge in [0.15, 0.2) is 6.61 Å². The molecule has 0 saturated carbocycles. The van der Waals surface area contributed by atoms with E-state index in [1.807, 2.05) is 35.8 Å². The molecule has 0 amide bonds. The number of ether oxygens (including phenoxy) is 2. The molecule has 0 bridgehead atoms. The van der Waals surface area contributed by atoms with Gasteiger partial charge in [0.1, 0.15) is 10.7 Å². The van der Waals surface area contributed by atoms with Gasteiger partial charge in [0.05, 0.1) is 13.2 Å². The summed E-state index contributed by atoms with van der Waals surface area (Å²) < 4.78 is 16.8. The van der Waals surface area contributed by atoms with Gasteiger partial charge in [-0.1, -0.05) is 0 Å². The van der Waals surface area contributed by atoms with E-state index in [-0.39, 0.29) is 5.76 Å². The number of Topliss-reactive ketones (excluding diaryl/α,β-unsaturated/α-hetero) is 1. The molecule has 0 atom stereocenters. The lowest BCUT2D eigenvalue weighted by Gasteiger charge is -2.10. The predicted octanol–water partition coefficient (Wildman–Crippen LogP) is 3.64. The van der Waals surface area contributed by atoms with Gasteiger partial charge in [-0.15, -0.1) is 0 Å². The summed E-state index contributed by atoms with van der Waals surface area (Å²) in [5.41, 5.74) is 2.81. The Morgan fingerprint density at radius 2 is 1.83 bits per heavy atom. The van der Waals surface area contributed by atoms with E-state index in [0.717, 1.165) is 29.3 Å². The number of benzene rings is 1. The first-order chi connectivity index (χ1) is 13.8. The quantitative estimate of drug-likeness (QED) is 0.258. The Bertz CT molecular complexity index is 1080. The number of hydrogen-bond acceptors (Lipinski definition) is 7. The van der Waals surface area contributed by atoms with Crippen LogP contribution in [0.5, 0.6) is 5.75 Å². The first-order valence-corrected chi connectivity index (χ1v) is 8.59. The van der Waals surface area contributed by atoms with E-state index >= 15 is 0 Å². The summed E-state index contributed by atoms with van der Waals surface area (Å²) in [6.07, 6.45) is 0. The molecule has 0 saturated heterocycles. The first-order valence-electron chi connectivity index (χ1n) is 8.59. The Morgan fingerprint density at radius 1 is 1.14 bits per heavy atom. The largest absolute Gasteiger partial charge is 0.497 e. The van der Waals surface area contributed by atoms with Crippen molar-refractivity contribution in [3.05, 3.63) is 75.3 Å². The fraction of sp³-hybridized carbons (Fsp3) is 0.200. The smallest absolute Gasteiger partial charge is 0.433 e. The van der Waals surface area contributed by atoms with Crippen molar-refractivity contribution in [3.8, 4) is 11.4 Å². The third kappa shape index (κ3) is 4.03. The van der Waals surface area contributed by atoms with Crippen molar-refractivity contribution in [2.45, 2.75) is 13.8 Å². The zero-order valence-corrected chi connectivity index (χ0v) is 16.0. The van der Waals surface area contributed by atoms with Gasteiger partial charge in [0, 0.05) is 22.6 Å². The molecule has 1 aromatic carbocycles. The van der Waals surface area contributed by atoms with Gasteiger partial charge in [-0.25, -0.2) is 4.79 Å². The van der Waals surface area contributed by atoms with E-state index in [1.165, 1.54) is 0 Å². The van der Waals surface area contributed by atoms with Crippen LogP contribution < -0.4 is 4.74 Å². The molecule has 0 aliphatic heterocycles. The molecule has 150 valence electrons. The van der Waals surface area contributed by atoms with E-state index in [4.69, 9.17) is 13.9 Å². The van der Waals surface area contributed by atoms with Crippen molar-refractivity contribution in [1.82, 2.24) is 4.57 Å². The van der Waals surface area contributed by atoms with Crippen molar-refractivity contribution >= 4 is 17.6 Å². The minimum atomic E-state index is -0.949. The molecule has 3 aromatic rings. The third-order valence-corrected chi connectivity index (χ3v) is 4.37. The maximum atomic E-state index is 12.6. The van der Waals surface area contributed by atoms with Crippen molar-refractivity contribution in [1.29, 1.82) is 0 Å². The minimum absolute atomic E-state index is 0.340. The van der Waals surface area contributed by atoms with Gasteiger partial charge >= 0.3 is 11.9 Å². The summed E-state index contributed by atoms with van der Waals surface area (Å²) in [5, 5.41) is 10.6. The molecule has 0 radical (unpaired) electrons. The molecule has 0 N–H and O–H groups in total. The summed E-state index contributed by atoms with van der Waals surface area (Å²) in [5.74, 6) is -1.54. The van der Waals surface area contributed by atoms with Crippen LogP contribution in [-0.4, -0.2) is 35.0 Å².